The van der Waals surface area contributed by atoms with Gasteiger partial charge in [-0.2, -0.15) is 5.10 Å². The molecule has 0 aliphatic heterocycles. The normalized spacial score (nSPS) is 10.9. The van der Waals surface area contributed by atoms with E-state index >= 15 is 0 Å². The molecule has 0 amide bonds. The average Bonchev–Trinajstić information content (AvgIpc) is 2.90. The fraction of sp³-hybridized carbons (Fsp3) is 0.125. The predicted molar refractivity (Wildman–Crippen MR) is 84.7 cm³/mol. The van der Waals surface area contributed by atoms with Gasteiger partial charge in [0.1, 0.15) is 11.5 Å². The van der Waals surface area contributed by atoms with Crippen LogP contribution in [0, 0.1) is 5.82 Å². The third-order valence-electron chi connectivity index (χ3n) is 3.17. The van der Waals surface area contributed by atoms with Crippen LogP contribution in [0.25, 0.3) is 16.6 Å². The molecule has 0 radical (unpaired) electrons. The number of carbonyl (C=O) groups excluding carboxylic acids is 1. The molecule has 6 heteroatoms. The first kappa shape index (κ1) is 14.7. The molecule has 1 aromatic heterocycles. The van der Waals surface area contributed by atoms with Crippen molar-refractivity contribution < 1.29 is 13.9 Å². The fourth-order valence-electron chi connectivity index (χ4n) is 2.15. The van der Waals surface area contributed by atoms with Gasteiger partial charge in [0.05, 0.1) is 17.7 Å². The number of aromatic nitrogens is 2. The zero-order chi connectivity index (χ0) is 15.7. The standard InChI is InChI=1S/C16H12BrFN2O2/c1-2-22-16(21)10-3-6-15(13(18)8-10)20-9-11-7-12(17)4-5-14(11)19-20/h3-9H,2H2,1H3. The molecule has 0 aliphatic carbocycles. The highest BCUT2D eigenvalue weighted by Gasteiger charge is 2.13. The van der Waals surface area contributed by atoms with Gasteiger partial charge in [0.2, 0.25) is 0 Å². The summed E-state index contributed by atoms with van der Waals surface area (Å²) in [5.74, 6) is -1.07. The van der Waals surface area contributed by atoms with Crippen LogP contribution in [-0.4, -0.2) is 22.4 Å². The zero-order valence-corrected chi connectivity index (χ0v) is 13.3. The molecule has 2 aromatic carbocycles. The minimum Gasteiger partial charge on any atom is -0.462 e. The van der Waals surface area contributed by atoms with Gasteiger partial charge in [-0.15, -0.1) is 0 Å². The Morgan fingerprint density at radius 3 is 2.86 bits per heavy atom. The summed E-state index contributed by atoms with van der Waals surface area (Å²) in [6.07, 6.45) is 1.74. The number of esters is 1. The van der Waals surface area contributed by atoms with E-state index in [4.69, 9.17) is 4.74 Å². The number of ether oxygens (including phenoxy) is 1. The molecule has 4 nitrogen and oxygen atoms in total. The SMILES string of the molecule is CCOC(=O)c1ccc(-n2cc3cc(Br)ccc3n2)c(F)c1. The van der Waals surface area contributed by atoms with Gasteiger partial charge in [-0.25, -0.2) is 13.9 Å². The number of hydrogen-bond acceptors (Lipinski definition) is 3. The first-order chi connectivity index (χ1) is 10.6. The van der Waals surface area contributed by atoms with Crippen molar-refractivity contribution in [1.29, 1.82) is 0 Å². The summed E-state index contributed by atoms with van der Waals surface area (Å²) in [6, 6.07) is 9.83. The van der Waals surface area contributed by atoms with Crippen LogP contribution in [0.1, 0.15) is 17.3 Å². The number of halogens is 2. The summed E-state index contributed by atoms with van der Waals surface area (Å²) in [5.41, 5.74) is 1.22. The highest BCUT2D eigenvalue weighted by atomic mass is 79.9. The highest BCUT2D eigenvalue weighted by Crippen LogP contribution is 2.22. The molecule has 0 aliphatic rings. The lowest BCUT2D eigenvalue weighted by atomic mass is 10.2. The largest absolute Gasteiger partial charge is 0.462 e. The second-order valence-corrected chi connectivity index (χ2v) is 5.58. The van der Waals surface area contributed by atoms with Crippen molar-refractivity contribution in [3.63, 3.8) is 0 Å². The van der Waals surface area contributed by atoms with Crippen molar-refractivity contribution in [1.82, 2.24) is 9.78 Å². The van der Waals surface area contributed by atoms with Crippen LogP contribution in [0.3, 0.4) is 0 Å². The highest BCUT2D eigenvalue weighted by molar-refractivity contribution is 9.10. The topological polar surface area (TPSA) is 44.1 Å². The molecule has 3 rings (SSSR count). The molecule has 0 bridgehead atoms. The van der Waals surface area contributed by atoms with Gasteiger partial charge in [-0.05, 0) is 43.3 Å². The number of nitrogens with zero attached hydrogens (tertiary/aromatic N) is 2. The summed E-state index contributed by atoms with van der Waals surface area (Å²) in [7, 11) is 0. The Morgan fingerprint density at radius 1 is 1.32 bits per heavy atom. The van der Waals surface area contributed by atoms with Gasteiger partial charge in [0, 0.05) is 16.1 Å². The van der Waals surface area contributed by atoms with Crippen molar-refractivity contribution in [3.05, 3.63) is 58.4 Å². The van der Waals surface area contributed by atoms with E-state index in [0.717, 1.165) is 21.4 Å². The molecular weight excluding hydrogens is 351 g/mol. The van der Waals surface area contributed by atoms with Crippen LogP contribution < -0.4 is 0 Å². The number of rotatable bonds is 3. The first-order valence-electron chi connectivity index (χ1n) is 6.70. The second kappa shape index (κ2) is 5.88. The molecule has 0 saturated carbocycles. The summed E-state index contributed by atoms with van der Waals surface area (Å²) >= 11 is 3.39. The van der Waals surface area contributed by atoms with Gasteiger partial charge in [-0.3, -0.25) is 0 Å². The van der Waals surface area contributed by atoms with E-state index in [-0.39, 0.29) is 17.9 Å². The summed E-state index contributed by atoms with van der Waals surface area (Å²) in [6.45, 7) is 1.96. The van der Waals surface area contributed by atoms with Crippen molar-refractivity contribution in [2.75, 3.05) is 6.61 Å². The van der Waals surface area contributed by atoms with Gasteiger partial charge < -0.3 is 4.74 Å². The van der Waals surface area contributed by atoms with Crippen molar-refractivity contribution >= 4 is 32.8 Å². The van der Waals surface area contributed by atoms with E-state index in [1.165, 1.54) is 16.8 Å². The van der Waals surface area contributed by atoms with E-state index < -0.39 is 11.8 Å². The Bertz CT molecular complexity index is 860. The van der Waals surface area contributed by atoms with Gasteiger partial charge >= 0.3 is 5.97 Å². The number of hydrogen-bond donors (Lipinski definition) is 0. The van der Waals surface area contributed by atoms with Gasteiger partial charge in [0.25, 0.3) is 0 Å². The molecule has 0 spiro atoms. The Hall–Kier alpha value is -2.21. The van der Waals surface area contributed by atoms with Crippen LogP contribution in [0.4, 0.5) is 4.39 Å². The van der Waals surface area contributed by atoms with E-state index in [2.05, 4.69) is 21.0 Å². The molecule has 22 heavy (non-hydrogen) atoms. The van der Waals surface area contributed by atoms with Gasteiger partial charge in [-0.1, -0.05) is 15.9 Å². The van der Waals surface area contributed by atoms with Crippen LogP contribution in [0.5, 0.6) is 0 Å². The Kier molecular flexibility index (Phi) is 3.94. The molecular formula is C16H12BrFN2O2. The average molecular weight is 363 g/mol. The van der Waals surface area contributed by atoms with E-state index in [1.54, 1.807) is 13.1 Å². The lowest BCUT2D eigenvalue weighted by Gasteiger charge is -2.06. The minimum atomic E-state index is -0.539. The molecule has 0 saturated heterocycles. The fourth-order valence-corrected chi connectivity index (χ4v) is 2.53. The lowest BCUT2D eigenvalue weighted by Crippen LogP contribution is -2.06. The maximum Gasteiger partial charge on any atom is 0.338 e. The maximum atomic E-state index is 14.3. The van der Waals surface area contributed by atoms with Crippen molar-refractivity contribution in [2.45, 2.75) is 6.92 Å². The third kappa shape index (κ3) is 2.74. The Morgan fingerprint density at radius 2 is 2.14 bits per heavy atom. The van der Waals surface area contributed by atoms with Crippen LogP contribution in [0.15, 0.2) is 47.1 Å². The molecule has 112 valence electrons. The minimum absolute atomic E-state index is 0.183. The van der Waals surface area contributed by atoms with Crippen LogP contribution >= 0.6 is 15.9 Å². The Labute approximate surface area is 134 Å². The van der Waals surface area contributed by atoms with E-state index in [1.807, 2.05) is 18.2 Å². The smallest absolute Gasteiger partial charge is 0.338 e. The molecule has 0 fully saturated rings. The third-order valence-corrected chi connectivity index (χ3v) is 3.67. The van der Waals surface area contributed by atoms with Crippen LogP contribution in [0.2, 0.25) is 0 Å². The monoisotopic (exact) mass is 362 g/mol. The first-order valence-corrected chi connectivity index (χ1v) is 7.50. The van der Waals surface area contributed by atoms with E-state index in [9.17, 15) is 9.18 Å². The number of carbonyl (C=O) groups is 1. The van der Waals surface area contributed by atoms with Crippen molar-refractivity contribution in [3.8, 4) is 5.69 Å². The zero-order valence-electron chi connectivity index (χ0n) is 11.7. The number of fused-ring (bicyclic) bond motifs is 1. The predicted octanol–water partition coefficient (Wildman–Crippen LogP) is 4.10. The van der Waals surface area contributed by atoms with Crippen molar-refractivity contribution in [2.24, 2.45) is 0 Å². The lowest BCUT2D eigenvalue weighted by molar-refractivity contribution is 0.0526. The molecule has 3 aromatic rings. The summed E-state index contributed by atoms with van der Waals surface area (Å²) in [4.78, 5) is 11.6. The summed E-state index contributed by atoms with van der Waals surface area (Å²) < 4.78 is 21.5. The number of benzene rings is 2. The van der Waals surface area contributed by atoms with Crippen LogP contribution in [-0.2, 0) is 4.74 Å². The van der Waals surface area contributed by atoms with E-state index in [0.29, 0.717) is 0 Å². The Balaban J connectivity index is 2.01. The quantitative estimate of drug-likeness (QED) is 0.658. The summed E-state index contributed by atoms with van der Waals surface area (Å²) in [5, 5.41) is 5.23. The second-order valence-electron chi connectivity index (χ2n) is 4.66. The molecule has 0 N–H and O–H groups in total. The van der Waals surface area contributed by atoms with Gasteiger partial charge in [0.15, 0.2) is 0 Å². The molecule has 1 heterocycles. The molecule has 0 unspecified atom stereocenters. The maximum absolute atomic E-state index is 14.3. The molecule has 0 atom stereocenters.